The Hall–Kier alpha value is -2.45. The number of aromatic nitrogens is 1. The maximum absolute atomic E-state index is 12.6. The van der Waals surface area contributed by atoms with E-state index in [2.05, 4.69) is 23.1 Å². The van der Waals surface area contributed by atoms with Gasteiger partial charge in [0.1, 0.15) is 17.0 Å². The van der Waals surface area contributed by atoms with E-state index in [0.717, 1.165) is 65.2 Å². The molecule has 1 saturated heterocycles. The normalized spacial score (nSPS) is 14.1. The number of ether oxygens (including phenoxy) is 2. The maximum Gasteiger partial charge on any atom is 0.222 e. The number of thioether (sulfide) groups is 1. The van der Waals surface area contributed by atoms with E-state index in [1.54, 1.807) is 30.2 Å². The lowest BCUT2D eigenvalue weighted by Crippen LogP contribution is -2.48. The predicted octanol–water partition coefficient (Wildman–Crippen LogP) is 4.92. The van der Waals surface area contributed by atoms with Crippen LogP contribution in [0.1, 0.15) is 19.8 Å². The number of carbonyl (C=O) groups is 1. The van der Waals surface area contributed by atoms with Crippen LogP contribution >= 0.6 is 23.1 Å². The number of benzene rings is 2. The highest BCUT2D eigenvalue weighted by molar-refractivity contribution is 7.99. The van der Waals surface area contributed by atoms with Crippen molar-refractivity contribution in [3.8, 4) is 11.5 Å². The number of carbonyl (C=O) groups excluding carboxylic acids is 1. The number of nitrogens with zero attached hydrogens (tertiary/aromatic N) is 3. The van der Waals surface area contributed by atoms with Crippen LogP contribution in [-0.4, -0.2) is 61.4 Å². The molecule has 32 heavy (non-hydrogen) atoms. The van der Waals surface area contributed by atoms with Gasteiger partial charge in [-0.3, -0.25) is 4.79 Å². The van der Waals surface area contributed by atoms with Crippen molar-refractivity contribution in [2.75, 3.05) is 50.5 Å². The first-order chi connectivity index (χ1) is 15.7. The summed E-state index contributed by atoms with van der Waals surface area (Å²) in [5.41, 5.74) is 0.933. The first-order valence-electron chi connectivity index (χ1n) is 11.0. The molecule has 1 fully saturated rings. The number of hydrogen-bond donors (Lipinski definition) is 0. The molecule has 0 spiro atoms. The zero-order valence-electron chi connectivity index (χ0n) is 18.6. The summed E-state index contributed by atoms with van der Waals surface area (Å²) in [4.78, 5) is 23.0. The largest absolute Gasteiger partial charge is 0.497 e. The number of hydrogen-bond acceptors (Lipinski definition) is 7. The Morgan fingerprint density at radius 3 is 2.62 bits per heavy atom. The zero-order valence-corrected chi connectivity index (χ0v) is 20.2. The Morgan fingerprint density at radius 2 is 1.91 bits per heavy atom. The van der Waals surface area contributed by atoms with Gasteiger partial charge >= 0.3 is 0 Å². The van der Waals surface area contributed by atoms with Crippen molar-refractivity contribution in [1.29, 1.82) is 0 Å². The van der Waals surface area contributed by atoms with E-state index < -0.39 is 0 Å². The molecule has 6 nitrogen and oxygen atoms in total. The zero-order chi connectivity index (χ0) is 22.3. The first kappa shape index (κ1) is 22.7. The Kier molecular flexibility index (Phi) is 7.76. The van der Waals surface area contributed by atoms with Gasteiger partial charge in [0, 0.05) is 37.5 Å². The molecule has 4 rings (SSSR count). The SMILES string of the molecule is CCOc1cccc2sc(N3CCN(C(=O)CCCSc4ccc(OC)cc4)CC3)nc12. The molecule has 1 amide bonds. The van der Waals surface area contributed by atoms with E-state index in [0.29, 0.717) is 13.0 Å². The van der Waals surface area contributed by atoms with Crippen LogP contribution in [0.4, 0.5) is 5.13 Å². The summed E-state index contributed by atoms with van der Waals surface area (Å²) in [7, 11) is 1.67. The fourth-order valence-corrected chi connectivity index (χ4v) is 5.60. The maximum atomic E-state index is 12.6. The molecule has 8 heteroatoms. The van der Waals surface area contributed by atoms with E-state index in [4.69, 9.17) is 14.5 Å². The predicted molar refractivity (Wildman–Crippen MR) is 133 cm³/mol. The van der Waals surface area contributed by atoms with Gasteiger partial charge in [0.25, 0.3) is 0 Å². The standard InChI is InChI=1S/C24H29N3O3S2/c1-3-30-20-6-4-7-21-23(20)25-24(32-21)27-15-13-26(14-16-27)22(28)8-5-17-31-19-11-9-18(29-2)10-12-19/h4,6-7,9-12H,3,5,8,13-17H2,1-2H3. The number of rotatable bonds is 9. The first-order valence-corrected chi connectivity index (χ1v) is 12.8. The highest BCUT2D eigenvalue weighted by Gasteiger charge is 2.23. The molecule has 0 atom stereocenters. The quantitative estimate of drug-likeness (QED) is 0.326. The number of para-hydroxylation sites is 1. The van der Waals surface area contributed by atoms with Crippen molar-refractivity contribution >= 4 is 44.4 Å². The molecule has 0 radical (unpaired) electrons. The third-order valence-electron chi connectivity index (χ3n) is 5.44. The van der Waals surface area contributed by atoms with Gasteiger partial charge in [-0.15, -0.1) is 11.8 Å². The van der Waals surface area contributed by atoms with Gasteiger partial charge in [-0.2, -0.15) is 0 Å². The molecule has 1 aliphatic heterocycles. The van der Waals surface area contributed by atoms with Crippen LogP contribution in [0.25, 0.3) is 10.2 Å². The van der Waals surface area contributed by atoms with Crippen LogP contribution in [0.15, 0.2) is 47.4 Å². The van der Waals surface area contributed by atoms with E-state index in [1.807, 2.05) is 36.1 Å². The summed E-state index contributed by atoms with van der Waals surface area (Å²) < 4.78 is 12.0. The minimum absolute atomic E-state index is 0.253. The monoisotopic (exact) mass is 471 g/mol. The fraction of sp³-hybridized carbons (Fsp3) is 0.417. The molecule has 1 aliphatic rings. The van der Waals surface area contributed by atoms with E-state index >= 15 is 0 Å². The highest BCUT2D eigenvalue weighted by atomic mass is 32.2. The molecule has 0 N–H and O–H groups in total. The molecule has 3 aromatic rings. The molecule has 2 aromatic carbocycles. The molecule has 0 aliphatic carbocycles. The van der Waals surface area contributed by atoms with Gasteiger partial charge in [-0.25, -0.2) is 4.98 Å². The topological polar surface area (TPSA) is 54.9 Å². The summed E-state index contributed by atoms with van der Waals surface area (Å²) in [6.07, 6.45) is 1.48. The Labute approximate surface area is 197 Å². The van der Waals surface area contributed by atoms with Crippen molar-refractivity contribution in [3.63, 3.8) is 0 Å². The Bertz CT molecular complexity index is 1030. The number of fused-ring (bicyclic) bond motifs is 1. The third kappa shape index (κ3) is 5.48. The van der Waals surface area contributed by atoms with Crippen molar-refractivity contribution in [2.45, 2.75) is 24.7 Å². The second-order valence-corrected chi connectivity index (χ2v) is 9.71. The van der Waals surface area contributed by atoms with Crippen molar-refractivity contribution in [2.24, 2.45) is 0 Å². The minimum Gasteiger partial charge on any atom is -0.497 e. The number of methoxy groups -OCH3 is 1. The Morgan fingerprint density at radius 1 is 1.12 bits per heavy atom. The lowest BCUT2D eigenvalue weighted by molar-refractivity contribution is -0.131. The molecule has 170 valence electrons. The summed E-state index contributed by atoms with van der Waals surface area (Å²) in [6.45, 7) is 5.75. The van der Waals surface area contributed by atoms with Crippen molar-refractivity contribution in [1.82, 2.24) is 9.88 Å². The summed E-state index contributed by atoms with van der Waals surface area (Å²) >= 11 is 3.47. The molecule has 1 aromatic heterocycles. The van der Waals surface area contributed by atoms with Gasteiger partial charge in [0.05, 0.1) is 18.4 Å². The van der Waals surface area contributed by atoms with Crippen molar-refractivity contribution < 1.29 is 14.3 Å². The third-order valence-corrected chi connectivity index (χ3v) is 7.62. The van der Waals surface area contributed by atoms with E-state index in [9.17, 15) is 4.79 Å². The van der Waals surface area contributed by atoms with Crippen LogP contribution in [-0.2, 0) is 4.79 Å². The molecule has 0 unspecified atom stereocenters. The summed E-state index contributed by atoms with van der Waals surface area (Å²) in [5.74, 6) is 2.90. The number of amides is 1. The lowest BCUT2D eigenvalue weighted by atomic mass is 10.2. The summed E-state index contributed by atoms with van der Waals surface area (Å²) in [5, 5.41) is 1.01. The highest BCUT2D eigenvalue weighted by Crippen LogP contribution is 2.34. The summed E-state index contributed by atoms with van der Waals surface area (Å²) in [6, 6.07) is 14.1. The lowest BCUT2D eigenvalue weighted by Gasteiger charge is -2.34. The van der Waals surface area contributed by atoms with Crippen LogP contribution in [0.3, 0.4) is 0 Å². The van der Waals surface area contributed by atoms with Gasteiger partial charge in [0.15, 0.2) is 5.13 Å². The molecular weight excluding hydrogens is 442 g/mol. The smallest absolute Gasteiger partial charge is 0.222 e. The van der Waals surface area contributed by atoms with Gasteiger partial charge in [0.2, 0.25) is 5.91 Å². The Balaban J connectivity index is 1.23. The fourth-order valence-electron chi connectivity index (χ4n) is 3.71. The molecule has 2 heterocycles. The number of anilines is 1. The second kappa shape index (κ2) is 10.9. The number of thiazole rings is 1. The van der Waals surface area contributed by atoms with Gasteiger partial charge in [-0.05, 0) is 55.5 Å². The average Bonchev–Trinajstić information content (AvgIpc) is 3.28. The average molecular weight is 472 g/mol. The molecule has 0 bridgehead atoms. The van der Waals surface area contributed by atoms with E-state index in [-0.39, 0.29) is 5.91 Å². The van der Waals surface area contributed by atoms with Crippen LogP contribution in [0.5, 0.6) is 11.5 Å². The van der Waals surface area contributed by atoms with Crippen LogP contribution in [0, 0.1) is 0 Å². The molecular formula is C24H29N3O3S2. The molecule has 0 saturated carbocycles. The number of piperazine rings is 1. The minimum atomic E-state index is 0.253. The van der Waals surface area contributed by atoms with Gasteiger partial charge in [-0.1, -0.05) is 17.4 Å². The van der Waals surface area contributed by atoms with Crippen molar-refractivity contribution in [3.05, 3.63) is 42.5 Å². The van der Waals surface area contributed by atoms with Crippen LogP contribution in [0.2, 0.25) is 0 Å². The van der Waals surface area contributed by atoms with Gasteiger partial charge < -0.3 is 19.3 Å². The second-order valence-electron chi connectivity index (χ2n) is 7.53. The van der Waals surface area contributed by atoms with Crippen LogP contribution < -0.4 is 14.4 Å². The van der Waals surface area contributed by atoms with E-state index in [1.165, 1.54) is 4.90 Å².